The number of rotatable bonds is 2. The molecule has 60 valence electrons. The highest BCUT2D eigenvalue weighted by molar-refractivity contribution is 14.1. The van der Waals surface area contributed by atoms with Crippen LogP contribution in [0.15, 0.2) is 24.3 Å². The van der Waals surface area contributed by atoms with Crippen molar-refractivity contribution in [3.8, 4) is 5.75 Å². The van der Waals surface area contributed by atoms with Crippen LogP contribution in [0.25, 0.3) is 0 Å². The number of alkyl halides is 1. The van der Waals surface area contributed by atoms with E-state index in [-0.39, 0.29) is 0 Å². The lowest BCUT2D eigenvalue weighted by Crippen LogP contribution is -1.86. The Hall–Kier alpha value is -0.250. The quantitative estimate of drug-likeness (QED) is 0.587. The Labute approximate surface area is 80.9 Å². The molecule has 0 aliphatic carbocycles. The molecular formula is C9H11IO. The topological polar surface area (TPSA) is 9.23 Å². The Morgan fingerprint density at radius 2 is 2.18 bits per heavy atom. The molecule has 0 heterocycles. The highest BCUT2D eigenvalue weighted by atomic mass is 127. The lowest BCUT2D eigenvalue weighted by Gasteiger charge is -2.05. The van der Waals surface area contributed by atoms with Gasteiger partial charge in [-0.15, -0.1) is 0 Å². The lowest BCUT2D eigenvalue weighted by molar-refractivity contribution is 0.414. The van der Waals surface area contributed by atoms with E-state index >= 15 is 0 Å². The molecule has 0 amide bonds. The van der Waals surface area contributed by atoms with Crippen molar-refractivity contribution < 1.29 is 4.74 Å². The summed E-state index contributed by atoms with van der Waals surface area (Å²) in [6.07, 6.45) is 0. The van der Waals surface area contributed by atoms with E-state index in [0.717, 1.165) is 5.75 Å². The smallest absolute Gasteiger partial charge is 0.119 e. The Kier molecular flexibility index (Phi) is 3.17. The van der Waals surface area contributed by atoms with Gasteiger partial charge in [-0.05, 0) is 24.6 Å². The number of methoxy groups -OCH3 is 1. The van der Waals surface area contributed by atoms with E-state index in [1.54, 1.807) is 7.11 Å². The number of hydrogen-bond acceptors (Lipinski definition) is 1. The summed E-state index contributed by atoms with van der Waals surface area (Å²) in [7, 11) is 1.69. The first-order valence-electron chi connectivity index (χ1n) is 3.52. The zero-order valence-electron chi connectivity index (χ0n) is 6.67. The summed E-state index contributed by atoms with van der Waals surface area (Å²) in [5, 5.41) is 0. The summed E-state index contributed by atoms with van der Waals surface area (Å²) in [4.78, 5) is 0. The average molecular weight is 262 g/mol. The second-order valence-electron chi connectivity index (χ2n) is 2.39. The molecule has 1 nitrogen and oxygen atoms in total. The van der Waals surface area contributed by atoms with E-state index in [1.165, 1.54) is 5.56 Å². The maximum atomic E-state index is 5.10. The van der Waals surface area contributed by atoms with Gasteiger partial charge in [-0.2, -0.15) is 0 Å². The zero-order chi connectivity index (χ0) is 8.27. The van der Waals surface area contributed by atoms with Crippen molar-refractivity contribution in [2.75, 3.05) is 7.11 Å². The van der Waals surface area contributed by atoms with E-state index in [9.17, 15) is 0 Å². The predicted molar refractivity (Wildman–Crippen MR) is 55.4 cm³/mol. The van der Waals surface area contributed by atoms with Gasteiger partial charge in [0, 0.05) is 3.92 Å². The Morgan fingerprint density at radius 1 is 1.45 bits per heavy atom. The van der Waals surface area contributed by atoms with Crippen molar-refractivity contribution in [1.29, 1.82) is 0 Å². The number of benzene rings is 1. The minimum absolute atomic E-state index is 0.544. The van der Waals surface area contributed by atoms with E-state index in [2.05, 4.69) is 41.6 Å². The number of hydrogen-bond donors (Lipinski definition) is 0. The fourth-order valence-corrected chi connectivity index (χ4v) is 1.28. The maximum absolute atomic E-state index is 5.10. The van der Waals surface area contributed by atoms with Gasteiger partial charge in [0.05, 0.1) is 7.11 Å². The van der Waals surface area contributed by atoms with Crippen LogP contribution in [0.5, 0.6) is 5.75 Å². The van der Waals surface area contributed by atoms with Crippen molar-refractivity contribution in [3.05, 3.63) is 29.8 Å². The fourth-order valence-electron chi connectivity index (χ4n) is 0.889. The van der Waals surface area contributed by atoms with Crippen LogP contribution >= 0.6 is 22.6 Å². The molecule has 1 aromatic rings. The standard InChI is InChI=1S/C9H11IO/c1-7(10)8-4-3-5-9(6-8)11-2/h3-7H,1-2H3/t7-/m1/s1. The minimum atomic E-state index is 0.544. The van der Waals surface area contributed by atoms with Crippen molar-refractivity contribution in [2.45, 2.75) is 10.8 Å². The first-order valence-corrected chi connectivity index (χ1v) is 4.76. The van der Waals surface area contributed by atoms with Crippen LogP contribution < -0.4 is 4.74 Å². The second kappa shape index (κ2) is 3.95. The molecule has 11 heavy (non-hydrogen) atoms. The molecular weight excluding hydrogens is 251 g/mol. The Balaban J connectivity index is 2.91. The van der Waals surface area contributed by atoms with Crippen molar-refractivity contribution >= 4 is 22.6 Å². The second-order valence-corrected chi connectivity index (χ2v) is 4.26. The first kappa shape index (κ1) is 8.84. The SMILES string of the molecule is COc1cccc([C@@H](C)I)c1. The van der Waals surface area contributed by atoms with Crippen LogP contribution in [0.3, 0.4) is 0 Å². The molecule has 0 aliphatic heterocycles. The molecule has 0 unspecified atom stereocenters. The van der Waals surface area contributed by atoms with Gasteiger partial charge < -0.3 is 4.74 Å². The molecule has 0 saturated heterocycles. The summed E-state index contributed by atoms with van der Waals surface area (Å²) in [6, 6.07) is 8.16. The van der Waals surface area contributed by atoms with E-state index in [4.69, 9.17) is 4.74 Å². The summed E-state index contributed by atoms with van der Waals surface area (Å²) >= 11 is 2.39. The van der Waals surface area contributed by atoms with Gasteiger partial charge >= 0.3 is 0 Å². The molecule has 0 N–H and O–H groups in total. The zero-order valence-corrected chi connectivity index (χ0v) is 8.83. The molecule has 0 aromatic heterocycles. The van der Waals surface area contributed by atoms with Gasteiger partial charge in [-0.3, -0.25) is 0 Å². The van der Waals surface area contributed by atoms with Crippen LogP contribution in [0.2, 0.25) is 0 Å². The maximum Gasteiger partial charge on any atom is 0.119 e. The van der Waals surface area contributed by atoms with Gasteiger partial charge in [0.2, 0.25) is 0 Å². The molecule has 0 spiro atoms. The third-order valence-corrected chi connectivity index (χ3v) is 2.27. The van der Waals surface area contributed by atoms with Gasteiger partial charge in [0.1, 0.15) is 5.75 Å². The summed E-state index contributed by atoms with van der Waals surface area (Å²) in [5.41, 5.74) is 1.31. The fraction of sp³-hybridized carbons (Fsp3) is 0.333. The van der Waals surface area contributed by atoms with Crippen LogP contribution in [0, 0.1) is 0 Å². The van der Waals surface area contributed by atoms with Crippen LogP contribution in [-0.4, -0.2) is 7.11 Å². The monoisotopic (exact) mass is 262 g/mol. The third-order valence-electron chi connectivity index (χ3n) is 1.55. The van der Waals surface area contributed by atoms with Crippen molar-refractivity contribution in [2.24, 2.45) is 0 Å². The molecule has 1 aromatic carbocycles. The average Bonchev–Trinajstić information content (AvgIpc) is 2.05. The largest absolute Gasteiger partial charge is 0.497 e. The molecule has 0 aliphatic rings. The van der Waals surface area contributed by atoms with Gasteiger partial charge in [-0.1, -0.05) is 34.7 Å². The first-order chi connectivity index (χ1) is 5.24. The highest BCUT2D eigenvalue weighted by Crippen LogP contribution is 2.25. The normalized spacial score (nSPS) is 12.6. The molecule has 0 fully saturated rings. The van der Waals surface area contributed by atoms with Crippen LogP contribution in [0.1, 0.15) is 16.4 Å². The molecule has 0 radical (unpaired) electrons. The van der Waals surface area contributed by atoms with Gasteiger partial charge in [-0.25, -0.2) is 0 Å². The predicted octanol–water partition coefficient (Wildman–Crippen LogP) is 3.19. The molecule has 0 bridgehead atoms. The highest BCUT2D eigenvalue weighted by Gasteiger charge is 2.00. The van der Waals surface area contributed by atoms with Gasteiger partial charge in [0.15, 0.2) is 0 Å². The Bertz CT molecular complexity index is 233. The summed E-state index contributed by atoms with van der Waals surface area (Å²) < 4.78 is 5.65. The van der Waals surface area contributed by atoms with Crippen molar-refractivity contribution in [1.82, 2.24) is 0 Å². The van der Waals surface area contributed by atoms with E-state index in [1.807, 2.05) is 12.1 Å². The Morgan fingerprint density at radius 3 is 2.73 bits per heavy atom. The summed E-state index contributed by atoms with van der Waals surface area (Å²) in [6.45, 7) is 2.16. The molecule has 0 saturated carbocycles. The van der Waals surface area contributed by atoms with Crippen LogP contribution in [0.4, 0.5) is 0 Å². The number of halogens is 1. The van der Waals surface area contributed by atoms with E-state index in [0.29, 0.717) is 3.92 Å². The molecule has 1 atom stereocenters. The molecule has 2 heteroatoms. The molecule has 1 rings (SSSR count). The van der Waals surface area contributed by atoms with Gasteiger partial charge in [0.25, 0.3) is 0 Å². The minimum Gasteiger partial charge on any atom is -0.497 e. The lowest BCUT2D eigenvalue weighted by atomic mass is 10.2. The third kappa shape index (κ3) is 2.36. The van der Waals surface area contributed by atoms with E-state index < -0.39 is 0 Å². The number of ether oxygens (including phenoxy) is 1. The van der Waals surface area contributed by atoms with Crippen LogP contribution in [-0.2, 0) is 0 Å². The van der Waals surface area contributed by atoms with Crippen molar-refractivity contribution in [3.63, 3.8) is 0 Å². The summed E-state index contributed by atoms with van der Waals surface area (Å²) in [5.74, 6) is 0.936.